The van der Waals surface area contributed by atoms with Crippen LogP contribution in [0.4, 0.5) is 10.5 Å². The Balaban J connectivity index is 1.67. The minimum atomic E-state index is -0.00761. The van der Waals surface area contributed by atoms with Crippen LogP contribution in [0.5, 0.6) is 0 Å². The van der Waals surface area contributed by atoms with Crippen molar-refractivity contribution in [2.24, 2.45) is 0 Å². The lowest BCUT2D eigenvalue weighted by atomic mass is 9.95. The van der Waals surface area contributed by atoms with E-state index in [1.54, 1.807) is 0 Å². The molecule has 0 bridgehead atoms. The van der Waals surface area contributed by atoms with Gasteiger partial charge in [0.05, 0.1) is 0 Å². The van der Waals surface area contributed by atoms with Crippen molar-refractivity contribution >= 4 is 22.6 Å². The Morgan fingerprint density at radius 1 is 1.25 bits per heavy atom. The minimum absolute atomic E-state index is 0.00761. The molecule has 2 aromatic rings. The fourth-order valence-corrected chi connectivity index (χ4v) is 2.98. The van der Waals surface area contributed by atoms with Gasteiger partial charge in [-0.15, -0.1) is 0 Å². The Kier molecular flexibility index (Phi) is 3.63. The van der Waals surface area contributed by atoms with Gasteiger partial charge in [0.1, 0.15) is 0 Å². The van der Waals surface area contributed by atoms with Gasteiger partial charge in [0, 0.05) is 35.9 Å². The number of anilines is 1. The third kappa shape index (κ3) is 2.64. The number of aromatic amines is 1. The molecule has 0 radical (unpaired) electrons. The maximum absolute atomic E-state index is 12.3. The van der Waals surface area contributed by atoms with Gasteiger partial charge in [-0.3, -0.25) is 0 Å². The number of H-pyrrole nitrogens is 1. The molecule has 2 N–H and O–H groups in total. The Hall–Kier alpha value is -1.97. The highest BCUT2D eigenvalue weighted by molar-refractivity contribution is 5.92. The van der Waals surface area contributed by atoms with Gasteiger partial charge >= 0.3 is 6.03 Å². The van der Waals surface area contributed by atoms with Crippen molar-refractivity contribution in [3.8, 4) is 0 Å². The Labute approximate surface area is 119 Å². The van der Waals surface area contributed by atoms with Crippen LogP contribution in [0.1, 0.15) is 32.1 Å². The summed E-state index contributed by atoms with van der Waals surface area (Å²) >= 11 is 0. The van der Waals surface area contributed by atoms with Gasteiger partial charge in [0.15, 0.2) is 0 Å². The van der Waals surface area contributed by atoms with Crippen LogP contribution in [0, 0.1) is 0 Å². The van der Waals surface area contributed by atoms with Gasteiger partial charge in [-0.2, -0.15) is 0 Å². The summed E-state index contributed by atoms with van der Waals surface area (Å²) in [7, 11) is 1.90. The zero-order valence-corrected chi connectivity index (χ0v) is 11.9. The van der Waals surface area contributed by atoms with E-state index in [2.05, 4.69) is 10.3 Å². The molecule has 106 valence electrons. The van der Waals surface area contributed by atoms with E-state index in [0.29, 0.717) is 6.04 Å². The third-order valence-electron chi connectivity index (χ3n) is 4.25. The first kappa shape index (κ1) is 13.0. The molecule has 20 heavy (non-hydrogen) atoms. The van der Waals surface area contributed by atoms with Crippen LogP contribution in [-0.4, -0.2) is 29.0 Å². The number of hydrogen-bond donors (Lipinski definition) is 2. The Morgan fingerprint density at radius 2 is 2.05 bits per heavy atom. The summed E-state index contributed by atoms with van der Waals surface area (Å²) < 4.78 is 0. The van der Waals surface area contributed by atoms with Crippen molar-refractivity contribution in [2.75, 3.05) is 12.4 Å². The van der Waals surface area contributed by atoms with Gasteiger partial charge in [0.25, 0.3) is 0 Å². The van der Waals surface area contributed by atoms with Crippen molar-refractivity contribution < 1.29 is 4.79 Å². The van der Waals surface area contributed by atoms with Gasteiger partial charge < -0.3 is 15.2 Å². The van der Waals surface area contributed by atoms with Crippen LogP contribution in [0.25, 0.3) is 10.9 Å². The summed E-state index contributed by atoms with van der Waals surface area (Å²) in [5.41, 5.74) is 1.94. The summed E-state index contributed by atoms with van der Waals surface area (Å²) in [5.74, 6) is 0. The maximum atomic E-state index is 12.3. The van der Waals surface area contributed by atoms with Gasteiger partial charge in [0.2, 0.25) is 0 Å². The molecule has 0 unspecified atom stereocenters. The summed E-state index contributed by atoms with van der Waals surface area (Å²) in [6.45, 7) is 0. The van der Waals surface area contributed by atoms with E-state index in [4.69, 9.17) is 0 Å². The van der Waals surface area contributed by atoms with E-state index in [9.17, 15) is 4.79 Å². The number of amides is 2. The van der Waals surface area contributed by atoms with Crippen molar-refractivity contribution in [3.63, 3.8) is 0 Å². The Bertz CT molecular complexity index is 599. The first-order valence-corrected chi connectivity index (χ1v) is 7.35. The number of urea groups is 1. The molecule has 1 aliphatic carbocycles. The molecule has 0 spiro atoms. The van der Waals surface area contributed by atoms with Crippen molar-refractivity contribution in [1.29, 1.82) is 0 Å². The molecular weight excluding hydrogens is 250 g/mol. The second-order valence-corrected chi connectivity index (χ2v) is 5.61. The van der Waals surface area contributed by atoms with E-state index < -0.39 is 0 Å². The number of carbonyl (C=O) groups is 1. The topological polar surface area (TPSA) is 48.1 Å². The number of benzene rings is 1. The van der Waals surface area contributed by atoms with E-state index >= 15 is 0 Å². The largest absolute Gasteiger partial charge is 0.361 e. The first-order valence-electron chi connectivity index (χ1n) is 7.35. The Morgan fingerprint density at radius 3 is 2.85 bits per heavy atom. The summed E-state index contributed by atoms with van der Waals surface area (Å²) in [5, 5.41) is 4.11. The summed E-state index contributed by atoms with van der Waals surface area (Å²) in [6.07, 6.45) is 7.93. The number of fused-ring (bicyclic) bond motifs is 1. The van der Waals surface area contributed by atoms with Gasteiger partial charge in [-0.25, -0.2) is 4.79 Å². The summed E-state index contributed by atoms with van der Waals surface area (Å²) in [6, 6.07) is 8.32. The van der Waals surface area contributed by atoms with Crippen molar-refractivity contribution in [1.82, 2.24) is 9.88 Å². The second kappa shape index (κ2) is 5.57. The average Bonchev–Trinajstić information content (AvgIpc) is 2.95. The van der Waals surface area contributed by atoms with Crippen LogP contribution in [0.15, 0.2) is 30.5 Å². The lowest BCUT2D eigenvalue weighted by Crippen LogP contribution is -2.40. The third-order valence-corrected chi connectivity index (χ3v) is 4.25. The van der Waals surface area contributed by atoms with Crippen LogP contribution in [0.3, 0.4) is 0 Å². The van der Waals surface area contributed by atoms with Crippen LogP contribution < -0.4 is 5.32 Å². The van der Waals surface area contributed by atoms with Crippen LogP contribution in [-0.2, 0) is 0 Å². The lowest BCUT2D eigenvalue weighted by Gasteiger charge is -2.31. The van der Waals surface area contributed by atoms with Crippen molar-refractivity contribution in [3.05, 3.63) is 30.5 Å². The molecule has 0 saturated heterocycles. The molecule has 4 heteroatoms. The molecule has 1 heterocycles. The van der Waals surface area contributed by atoms with Crippen LogP contribution >= 0.6 is 0 Å². The highest BCUT2D eigenvalue weighted by Crippen LogP contribution is 2.23. The number of nitrogens with zero attached hydrogens (tertiary/aromatic N) is 1. The molecular formula is C16H21N3O. The summed E-state index contributed by atoms with van der Waals surface area (Å²) in [4.78, 5) is 17.3. The number of rotatable bonds is 2. The normalized spacial score (nSPS) is 16.2. The molecule has 0 aliphatic heterocycles. The highest BCUT2D eigenvalue weighted by atomic mass is 16.2. The molecule has 0 atom stereocenters. The average molecular weight is 271 g/mol. The van der Waals surface area contributed by atoms with E-state index in [1.165, 1.54) is 19.3 Å². The highest BCUT2D eigenvalue weighted by Gasteiger charge is 2.21. The molecule has 1 aliphatic rings. The molecule has 1 fully saturated rings. The maximum Gasteiger partial charge on any atom is 0.321 e. The quantitative estimate of drug-likeness (QED) is 0.853. The predicted octanol–water partition coefficient (Wildman–Crippen LogP) is 3.96. The molecule has 2 amide bonds. The predicted molar refractivity (Wildman–Crippen MR) is 82.0 cm³/mol. The molecule has 1 aromatic carbocycles. The number of aromatic nitrogens is 1. The van der Waals surface area contributed by atoms with E-state index in [-0.39, 0.29) is 6.03 Å². The monoisotopic (exact) mass is 271 g/mol. The van der Waals surface area contributed by atoms with E-state index in [0.717, 1.165) is 29.4 Å². The SMILES string of the molecule is CN(C(=O)Nc1ccc2[nH]ccc2c1)C1CCCCC1. The second-order valence-electron chi connectivity index (χ2n) is 5.61. The molecule has 4 nitrogen and oxygen atoms in total. The van der Waals surface area contributed by atoms with Crippen molar-refractivity contribution in [2.45, 2.75) is 38.1 Å². The smallest absolute Gasteiger partial charge is 0.321 e. The van der Waals surface area contributed by atoms with Gasteiger partial charge in [-0.1, -0.05) is 19.3 Å². The molecule has 3 rings (SSSR count). The molecule has 1 aromatic heterocycles. The van der Waals surface area contributed by atoms with E-state index in [1.807, 2.05) is 42.4 Å². The number of hydrogen-bond acceptors (Lipinski definition) is 1. The molecule has 1 saturated carbocycles. The fourth-order valence-electron chi connectivity index (χ4n) is 2.98. The zero-order chi connectivity index (χ0) is 13.9. The fraction of sp³-hybridized carbons (Fsp3) is 0.438. The number of nitrogens with one attached hydrogen (secondary N) is 2. The standard InChI is InChI=1S/C16H21N3O/c1-19(14-5-3-2-4-6-14)16(20)18-13-7-8-15-12(11-13)9-10-17-15/h7-11,14,17H,2-6H2,1H3,(H,18,20). The number of carbonyl (C=O) groups excluding carboxylic acids is 1. The lowest BCUT2D eigenvalue weighted by molar-refractivity contribution is 0.186. The van der Waals surface area contributed by atoms with Gasteiger partial charge in [-0.05, 0) is 37.1 Å². The van der Waals surface area contributed by atoms with Crippen LogP contribution in [0.2, 0.25) is 0 Å². The minimum Gasteiger partial charge on any atom is -0.361 e. The zero-order valence-electron chi connectivity index (χ0n) is 11.9. The first-order chi connectivity index (χ1) is 9.74.